The van der Waals surface area contributed by atoms with E-state index < -0.39 is 10.0 Å². The monoisotopic (exact) mass is 260 g/mol. The third-order valence-corrected chi connectivity index (χ3v) is 4.32. The minimum atomic E-state index is -3.44. The van der Waals surface area contributed by atoms with Gasteiger partial charge in [-0.2, -0.15) is 5.10 Å². The SMILES string of the molecule is CNCCCNS(=O)(=O)c1c(C)nn(C)c1C. The molecule has 0 amide bonds. The van der Waals surface area contributed by atoms with Crippen molar-refractivity contribution >= 4 is 10.0 Å². The van der Waals surface area contributed by atoms with Crippen LogP contribution >= 0.6 is 0 Å². The average Bonchev–Trinajstić information content (AvgIpc) is 2.48. The molecule has 2 N–H and O–H groups in total. The molecule has 1 heterocycles. The molecule has 0 saturated carbocycles. The number of hydrogen-bond acceptors (Lipinski definition) is 4. The van der Waals surface area contributed by atoms with E-state index in [0.717, 1.165) is 13.0 Å². The highest BCUT2D eigenvalue weighted by molar-refractivity contribution is 7.89. The summed E-state index contributed by atoms with van der Waals surface area (Å²) >= 11 is 0. The molecular formula is C10H20N4O2S. The zero-order valence-electron chi connectivity index (χ0n) is 10.7. The van der Waals surface area contributed by atoms with E-state index in [1.54, 1.807) is 25.6 Å². The number of hydrogen-bond donors (Lipinski definition) is 2. The second-order valence-electron chi connectivity index (χ2n) is 3.98. The van der Waals surface area contributed by atoms with Crippen LogP contribution in [0.25, 0.3) is 0 Å². The first-order valence-electron chi connectivity index (χ1n) is 5.54. The van der Waals surface area contributed by atoms with Crippen LogP contribution in [0.4, 0.5) is 0 Å². The summed E-state index contributed by atoms with van der Waals surface area (Å²) < 4.78 is 28.3. The Bertz CT molecular complexity index is 479. The molecule has 0 unspecified atom stereocenters. The highest BCUT2D eigenvalue weighted by Crippen LogP contribution is 2.17. The standard InChI is InChI=1S/C10H20N4O2S/c1-8-10(9(2)14(4)13-8)17(15,16)12-7-5-6-11-3/h11-12H,5-7H2,1-4H3. The first-order chi connectivity index (χ1) is 7.90. The lowest BCUT2D eigenvalue weighted by molar-refractivity contribution is 0.575. The summed E-state index contributed by atoms with van der Waals surface area (Å²) in [7, 11) is 0.133. The van der Waals surface area contributed by atoms with Crippen LogP contribution in [0.1, 0.15) is 17.8 Å². The zero-order chi connectivity index (χ0) is 13.1. The zero-order valence-corrected chi connectivity index (χ0v) is 11.6. The van der Waals surface area contributed by atoms with Crippen LogP contribution in [0.15, 0.2) is 4.90 Å². The number of sulfonamides is 1. The molecule has 1 aromatic heterocycles. The molecule has 7 heteroatoms. The Kier molecular flexibility index (Phi) is 4.67. The van der Waals surface area contributed by atoms with E-state index in [4.69, 9.17) is 0 Å². The first kappa shape index (κ1) is 14.1. The van der Waals surface area contributed by atoms with Crippen molar-refractivity contribution in [3.63, 3.8) is 0 Å². The number of aromatic nitrogens is 2. The van der Waals surface area contributed by atoms with E-state index in [1.807, 2.05) is 7.05 Å². The van der Waals surface area contributed by atoms with Crippen LogP contribution in [0, 0.1) is 13.8 Å². The van der Waals surface area contributed by atoms with Gasteiger partial charge in [0.05, 0.1) is 11.4 Å². The number of aryl methyl sites for hydroxylation is 2. The Labute approximate surface area is 102 Å². The summed E-state index contributed by atoms with van der Waals surface area (Å²) in [5, 5.41) is 7.08. The summed E-state index contributed by atoms with van der Waals surface area (Å²) in [6.45, 7) is 4.67. The fourth-order valence-electron chi connectivity index (χ4n) is 1.69. The van der Waals surface area contributed by atoms with Crippen molar-refractivity contribution in [3.05, 3.63) is 11.4 Å². The molecule has 0 saturated heterocycles. The molecule has 0 aliphatic heterocycles. The van der Waals surface area contributed by atoms with Crippen molar-refractivity contribution in [1.82, 2.24) is 19.8 Å². The summed E-state index contributed by atoms with van der Waals surface area (Å²) in [5.74, 6) is 0. The normalized spacial score (nSPS) is 12.0. The van der Waals surface area contributed by atoms with Gasteiger partial charge in [0.1, 0.15) is 4.90 Å². The fourth-order valence-corrected chi connectivity index (χ4v) is 3.20. The van der Waals surface area contributed by atoms with Crippen molar-refractivity contribution in [1.29, 1.82) is 0 Å². The molecule has 0 bridgehead atoms. The van der Waals surface area contributed by atoms with Gasteiger partial charge in [0.15, 0.2) is 0 Å². The largest absolute Gasteiger partial charge is 0.320 e. The van der Waals surface area contributed by atoms with Crippen LogP contribution in [0.5, 0.6) is 0 Å². The van der Waals surface area contributed by atoms with Gasteiger partial charge >= 0.3 is 0 Å². The predicted octanol–water partition coefficient (Wildman–Crippen LogP) is -0.0753. The van der Waals surface area contributed by atoms with Gasteiger partial charge in [-0.3, -0.25) is 4.68 Å². The average molecular weight is 260 g/mol. The van der Waals surface area contributed by atoms with Crippen LogP contribution in [0.2, 0.25) is 0 Å². The number of nitrogens with one attached hydrogen (secondary N) is 2. The maximum atomic E-state index is 12.1. The summed E-state index contributed by atoms with van der Waals surface area (Å²) in [6, 6.07) is 0. The van der Waals surface area contributed by atoms with E-state index in [1.165, 1.54) is 0 Å². The maximum absolute atomic E-state index is 12.1. The van der Waals surface area contributed by atoms with E-state index >= 15 is 0 Å². The summed E-state index contributed by atoms with van der Waals surface area (Å²) in [4.78, 5) is 0.296. The second kappa shape index (κ2) is 5.61. The van der Waals surface area contributed by atoms with Crippen molar-refractivity contribution in [2.24, 2.45) is 7.05 Å². The molecule has 0 fully saturated rings. The molecule has 0 radical (unpaired) electrons. The lowest BCUT2D eigenvalue weighted by Gasteiger charge is -2.06. The Morgan fingerprint density at radius 2 is 1.94 bits per heavy atom. The quantitative estimate of drug-likeness (QED) is 0.702. The van der Waals surface area contributed by atoms with Gasteiger partial charge in [0, 0.05) is 13.6 Å². The van der Waals surface area contributed by atoms with Gasteiger partial charge in [-0.25, -0.2) is 13.1 Å². The van der Waals surface area contributed by atoms with Crippen LogP contribution in [-0.2, 0) is 17.1 Å². The molecule has 0 aromatic carbocycles. The van der Waals surface area contributed by atoms with Gasteiger partial charge in [0.25, 0.3) is 0 Å². The van der Waals surface area contributed by atoms with Gasteiger partial charge in [-0.15, -0.1) is 0 Å². The molecule has 1 aromatic rings. The van der Waals surface area contributed by atoms with Gasteiger partial charge < -0.3 is 5.32 Å². The molecule has 0 aliphatic rings. The number of rotatable bonds is 6. The molecule has 1 rings (SSSR count). The smallest absolute Gasteiger partial charge is 0.244 e. The molecule has 0 spiro atoms. The number of nitrogens with zero attached hydrogens (tertiary/aromatic N) is 2. The Morgan fingerprint density at radius 1 is 1.29 bits per heavy atom. The van der Waals surface area contributed by atoms with Crippen molar-refractivity contribution in [2.45, 2.75) is 25.2 Å². The highest BCUT2D eigenvalue weighted by Gasteiger charge is 2.22. The fraction of sp³-hybridized carbons (Fsp3) is 0.700. The lowest BCUT2D eigenvalue weighted by atomic mass is 10.4. The van der Waals surface area contributed by atoms with Crippen molar-refractivity contribution in [2.75, 3.05) is 20.1 Å². The van der Waals surface area contributed by atoms with Crippen molar-refractivity contribution in [3.8, 4) is 0 Å². The Morgan fingerprint density at radius 3 is 2.41 bits per heavy atom. The minimum absolute atomic E-state index is 0.296. The summed E-state index contributed by atoms with van der Waals surface area (Å²) in [5.41, 5.74) is 1.19. The first-order valence-corrected chi connectivity index (χ1v) is 7.03. The second-order valence-corrected chi connectivity index (χ2v) is 5.68. The predicted molar refractivity (Wildman–Crippen MR) is 66.4 cm³/mol. The Hall–Kier alpha value is -0.920. The molecule has 17 heavy (non-hydrogen) atoms. The highest BCUT2D eigenvalue weighted by atomic mass is 32.2. The molecule has 0 atom stereocenters. The third kappa shape index (κ3) is 3.27. The van der Waals surface area contributed by atoms with Gasteiger partial charge in [-0.1, -0.05) is 0 Å². The van der Waals surface area contributed by atoms with Gasteiger partial charge in [0.2, 0.25) is 10.0 Å². The van der Waals surface area contributed by atoms with E-state index in [0.29, 0.717) is 22.8 Å². The molecule has 6 nitrogen and oxygen atoms in total. The third-order valence-electron chi connectivity index (χ3n) is 2.61. The Balaban J connectivity index is 2.83. The molecular weight excluding hydrogens is 240 g/mol. The minimum Gasteiger partial charge on any atom is -0.320 e. The van der Waals surface area contributed by atoms with Gasteiger partial charge in [-0.05, 0) is 33.9 Å². The van der Waals surface area contributed by atoms with E-state index in [-0.39, 0.29) is 0 Å². The maximum Gasteiger partial charge on any atom is 0.244 e. The van der Waals surface area contributed by atoms with Crippen LogP contribution in [0.3, 0.4) is 0 Å². The van der Waals surface area contributed by atoms with Crippen LogP contribution < -0.4 is 10.0 Å². The summed E-state index contributed by atoms with van der Waals surface area (Å²) in [6.07, 6.45) is 0.758. The van der Waals surface area contributed by atoms with E-state index in [9.17, 15) is 8.42 Å². The lowest BCUT2D eigenvalue weighted by Crippen LogP contribution is -2.27. The van der Waals surface area contributed by atoms with Crippen LogP contribution in [-0.4, -0.2) is 38.3 Å². The molecule has 98 valence electrons. The molecule has 0 aliphatic carbocycles. The topological polar surface area (TPSA) is 76.0 Å². The van der Waals surface area contributed by atoms with Crippen molar-refractivity contribution < 1.29 is 8.42 Å². The van der Waals surface area contributed by atoms with E-state index in [2.05, 4.69) is 15.1 Å².